The van der Waals surface area contributed by atoms with Crippen LogP contribution in [0.3, 0.4) is 0 Å². The van der Waals surface area contributed by atoms with Crippen LogP contribution in [0.4, 0.5) is 0 Å². The van der Waals surface area contributed by atoms with E-state index >= 15 is 0 Å². The zero-order valence-electron chi connectivity index (χ0n) is 11.6. The molecule has 1 N–H and O–H groups in total. The predicted molar refractivity (Wildman–Crippen MR) is 75.3 cm³/mol. The highest BCUT2D eigenvalue weighted by Crippen LogP contribution is 2.29. The minimum Gasteiger partial charge on any atom is -0.383 e. The summed E-state index contributed by atoms with van der Waals surface area (Å²) in [5.74, 6) is 2.04. The number of hydrogen-bond donors (Lipinski definition) is 1. The first kappa shape index (κ1) is 16.3. The van der Waals surface area contributed by atoms with E-state index in [0.29, 0.717) is 5.41 Å². The van der Waals surface area contributed by atoms with Crippen molar-refractivity contribution in [2.75, 3.05) is 38.8 Å². The second-order valence-corrected chi connectivity index (χ2v) is 6.38. The van der Waals surface area contributed by atoms with Crippen molar-refractivity contribution in [1.29, 1.82) is 0 Å². The molecule has 0 aromatic carbocycles. The van der Waals surface area contributed by atoms with Gasteiger partial charge in [-0.2, -0.15) is 11.8 Å². The second-order valence-electron chi connectivity index (χ2n) is 5.39. The van der Waals surface area contributed by atoms with Gasteiger partial charge in [-0.1, -0.05) is 20.8 Å². The van der Waals surface area contributed by atoms with E-state index < -0.39 is 0 Å². The van der Waals surface area contributed by atoms with Gasteiger partial charge in [0.1, 0.15) is 0 Å². The van der Waals surface area contributed by atoms with Gasteiger partial charge < -0.3 is 10.1 Å². The van der Waals surface area contributed by atoms with Crippen molar-refractivity contribution in [2.45, 2.75) is 33.6 Å². The van der Waals surface area contributed by atoms with Gasteiger partial charge in [0.25, 0.3) is 0 Å². The lowest BCUT2D eigenvalue weighted by molar-refractivity contribution is 0.183. The maximum absolute atomic E-state index is 5.04. The van der Waals surface area contributed by atoms with Crippen LogP contribution < -0.4 is 5.32 Å². The van der Waals surface area contributed by atoms with Crippen molar-refractivity contribution < 1.29 is 4.74 Å². The van der Waals surface area contributed by atoms with Crippen LogP contribution in [0.15, 0.2) is 0 Å². The Morgan fingerprint density at radius 3 is 2.50 bits per heavy atom. The third-order valence-corrected chi connectivity index (χ3v) is 3.70. The highest BCUT2D eigenvalue weighted by atomic mass is 32.2. The Morgan fingerprint density at radius 1 is 1.31 bits per heavy atom. The molecule has 0 aliphatic rings. The number of methoxy groups -OCH3 is 1. The van der Waals surface area contributed by atoms with Crippen LogP contribution in [-0.4, -0.2) is 38.8 Å². The molecule has 0 aromatic heterocycles. The molecule has 3 heteroatoms. The standard InChI is InChI=1S/C13H29NOS/c1-13(2,3)12(7-6-10-16-5)11-14-8-9-15-4/h12,14H,6-11H2,1-5H3. The highest BCUT2D eigenvalue weighted by Gasteiger charge is 2.23. The van der Waals surface area contributed by atoms with E-state index in [1.807, 2.05) is 11.8 Å². The van der Waals surface area contributed by atoms with Crippen molar-refractivity contribution >= 4 is 11.8 Å². The topological polar surface area (TPSA) is 21.3 Å². The molecule has 0 aromatic rings. The summed E-state index contributed by atoms with van der Waals surface area (Å²) in [7, 11) is 1.75. The molecule has 0 saturated heterocycles. The molecule has 0 amide bonds. The summed E-state index contributed by atoms with van der Waals surface area (Å²) < 4.78 is 5.04. The molecule has 2 nitrogen and oxygen atoms in total. The molecule has 0 aliphatic heterocycles. The molecule has 0 heterocycles. The van der Waals surface area contributed by atoms with Gasteiger partial charge in [0.2, 0.25) is 0 Å². The van der Waals surface area contributed by atoms with E-state index in [9.17, 15) is 0 Å². The highest BCUT2D eigenvalue weighted by molar-refractivity contribution is 7.98. The van der Waals surface area contributed by atoms with Gasteiger partial charge in [-0.15, -0.1) is 0 Å². The van der Waals surface area contributed by atoms with E-state index in [-0.39, 0.29) is 0 Å². The van der Waals surface area contributed by atoms with Gasteiger partial charge in [0.15, 0.2) is 0 Å². The molecule has 0 rings (SSSR count). The fourth-order valence-electron chi connectivity index (χ4n) is 1.77. The normalized spacial score (nSPS) is 14.1. The zero-order valence-corrected chi connectivity index (χ0v) is 12.5. The van der Waals surface area contributed by atoms with Gasteiger partial charge in [-0.3, -0.25) is 0 Å². The quantitative estimate of drug-likeness (QED) is 0.633. The van der Waals surface area contributed by atoms with E-state index in [1.54, 1.807) is 7.11 Å². The first-order valence-electron chi connectivity index (χ1n) is 6.21. The van der Waals surface area contributed by atoms with Crippen molar-refractivity contribution in [3.05, 3.63) is 0 Å². The van der Waals surface area contributed by atoms with Gasteiger partial charge >= 0.3 is 0 Å². The lowest BCUT2D eigenvalue weighted by atomic mass is 9.78. The smallest absolute Gasteiger partial charge is 0.0587 e. The van der Waals surface area contributed by atoms with E-state index in [2.05, 4.69) is 32.3 Å². The summed E-state index contributed by atoms with van der Waals surface area (Å²) in [5.41, 5.74) is 0.401. The summed E-state index contributed by atoms with van der Waals surface area (Å²) in [6.07, 6.45) is 4.84. The zero-order chi connectivity index (χ0) is 12.4. The van der Waals surface area contributed by atoms with Gasteiger partial charge in [0, 0.05) is 13.7 Å². The number of thioether (sulfide) groups is 1. The Morgan fingerprint density at radius 2 is 2.00 bits per heavy atom. The Labute approximate surface area is 106 Å². The van der Waals surface area contributed by atoms with Crippen LogP contribution in [0.2, 0.25) is 0 Å². The molecule has 0 spiro atoms. The minimum atomic E-state index is 0.401. The summed E-state index contributed by atoms with van der Waals surface area (Å²) in [4.78, 5) is 0. The van der Waals surface area contributed by atoms with Crippen molar-refractivity contribution in [1.82, 2.24) is 5.32 Å². The van der Waals surface area contributed by atoms with Gasteiger partial charge in [-0.25, -0.2) is 0 Å². The molecular formula is C13H29NOS. The Hall–Kier alpha value is 0.270. The van der Waals surface area contributed by atoms with Crippen LogP contribution in [0.1, 0.15) is 33.6 Å². The lowest BCUT2D eigenvalue weighted by Gasteiger charge is -2.31. The molecule has 16 heavy (non-hydrogen) atoms. The average Bonchev–Trinajstić information content (AvgIpc) is 2.20. The van der Waals surface area contributed by atoms with Gasteiger partial charge in [0.05, 0.1) is 6.61 Å². The molecule has 98 valence electrons. The van der Waals surface area contributed by atoms with Crippen LogP contribution >= 0.6 is 11.8 Å². The van der Waals surface area contributed by atoms with E-state index in [1.165, 1.54) is 18.6 Å². The molecule has 0 fully saturated rings. The van der Waals surface area contributed by atoms with E-state index in [0.717, 1.165) is 25.6 Å². The van der Waals surface area contributed by atoms with Crippen LogP contribution in [0.5, 0.6) is 0 Å². The number of hydrogen-bond acceptors (Lipinski definition) is 3. The second kappa shape index (κ2) is 9.32. The Kier molecular flexibility index (Phi) is 9.47. The molecule has 0 saturated carbocycles. The maximum Gasteiger partial charge on any atom is 0.0587 e. The van der Waals surface area contributed by atoms with Crippen molar-refractivity contribution in [2.24, 2.45) is 11.3 Å². The summed E-state index contributed by atoms with van der Waals surface area (Å²) in [6.45, 7) is 9.91. The maximum atomic E-state index is 5.04. The average molecular weight is 247 g/mol. The molecule has 1 atom stereocenters. The van der Waals surface area contributed by atoms with Crippen LogP contribution in [0, 0.1) is 11.3 Å². The van der Waals surface area contributed by atoms with Crippen LogP contribution in [-0.2, 0) is 4.74 Å². The Balaban J connectivity index is 3.82. The van der Waals surface area contributed by atoms with Crippen molar-refractivity contribution in [3.63, 3.8) is 0 Å². The number of nitrogens with one attached hydrogen (secondary N) is 1. The molecule has 1 unspecified atom stereocenters. The monoisotopic (exact) mass is 247 g/mol. The first-order chi connectivity index (χ1) is 7.52. The fraction of sp³-hybridized carbons (Fsp3) is 1.00. The largest absolute Gasteiger partial charge is 0.383 e. The first-order valence-corrected chi connectivity index (χ1v) is 7.60. The SMILES string of the molecule is COCCNCC(CCCSC)C(C)(C)C. The van der Waals surface area contributed by atoms with Crippen LogP contribution in [0.25, 0.3) is 0 Å². The molecule has 0 aliphatic carbocycles. The molecular weight excluding hydrogens is 218 g/mol. The summed E-state index contributed by atoms with van der Waals surface area (Å²) in [6, 6.07) is 0. The third-order valence-electron chi connectivity index (χ3n) is 3.00. The predicted octanol–water partition coefficient (Wildman–Crippen LogP) is 3.03. The van der Waals surface area contributed by atoms with Gasteiger partial charge in [-0.05, 0) is 42.7 Å². The minimum absolute atomic E-state index is 0.401. The fourth-order valence-corrected chi connectivity index (χ4v) is 2.22. The lowest BCUT2D eigenvalue weighted by Crippen LogP contribution is -2.33. The molecule has 0 radical (unpaired) electrons. The van der Waals surface area contributed by atoms with Crippen molar-refractivity contribution in [3.8, 4) is 0 Å². The number of ether oxygens (including phenoxy) is 1. The number of rotatable bonds is 9. The molecule has 0 bridgehead atoms. The Bertz CT molecular complexity index is 157. The van der Waals surface area contributed by atoms with E-state index in [4.69, 9.17) is 4.74 Å². The summed E-state index contributed by atoms with van der Waals surface area (Å²) >= 11 is 1.95. The summed E-state index contributed by atoms with van der Waals surface area (Å²) in [5, 5.41) is 3.49. The third kappa shape index (κ3) is 8.43.